The zero-order valence-electron chi connectivity index (χ0n) is 14.4. The van der Waals surface area contributed by atoms with Crippen molar-refractivity contribution in [1.29, 1.82) is 0 Å². The molecule has 0 amide bonds. The zero-order chi connectivity index (χ0) is 15.7. The van der Waals surface area contributed by atoms with E-state index in [1.54, 1.807) is 0 Å². The molecule has 0 saturated heterocycles. The van der Waals surface area contributed by atoms with Gasteiger partial charge in [-0.15, -0.1) is 0 Å². The Labute approximate surface area is 134 Å². The number of hydrogen-bond donors (Lipinski definition) is 0. The highest BCUT2D eigenvalue weighted by atomic mass is 16.1. The van der Waals surface area contributed by atoms with Crippen LogP contribution in [0.15, 0.2) is 0 Å². The largest absolute Gasteiger partial charge is 0.300 e. The van der Waals surface area contributed by atoms with E-state index < -0.39 is 0 Å². The molecule has 0 N–H and O–H groups in total. The van der Waals surface area contributed by atoms with Gasteiger partial charge >= 0.3 is 0 Å². The third-order valence-corrected chi connectivity index (χ3v) is 8.74. The molecule has 122 valence electrons. The van der Waals surface area contributed by atoms with Gasteiger partial charge < -0.3 is 0 Å². The molecule has 0 aromatic carbocycles. The van der Waals surface area contributed by atoms with Crippen molar-refractivity contribution in [1.82, 2.24) is 0 Å². The van der Waals surface area contributed by atoms with Crippen molar-refractivity contribution in [2.75, 3.05) is 0 Å². The van der Waals surface area contributed by atoms with Crippen molar-refractivity contribution in [3.63, 3.8) is 0 Å². The molecule has 0 radical (unpaired) electrons. The molecular weight excluding hydrogens is 272 g/mol. The summed E-state index contributed by atoms with van der Waals surface area (Å²) in [7, 11) is 0. The molecule has 4 rings (SSSR count). The lowest BCUT2D eigenvalue weighted by atomic mass is 9.43. The number of Topliss-reactive ketones (excluding diaryl/α,β-unsaturated/α-hetero) is 2. The van der Waals surface area contributed by atoms with Crippen molar-refractivity contribution >= 4 is 11.6 Å². The minimum Gasteiger partial charge on any atom is -0.300 e. The van der Waals surface area contributed by atoms with Gasteiger partial charge in [-0.3, -0.25) is 9.59 Å². The van der Waals surface area contributed by atoms with Crippen LogP contribution in [0.3, 0.4) is 0 Å². The topological polar surface area (TPSA) is 34.1 Å². The van der Waals surface area contributed by atoms with Gasteiger partial charge in [0.25, 0.3) is 0 Å². The molecule has 2 nitrogen and oxygen atoms in total. The van der Waals surface area contributed by atoms with Crippen molar-refractivity contribution in [2.24, 2.45) is 40.4 Å². The average molecular weight is 302 g/mol. The Bertz CT molecular complexity index is 524. The fourth-order valence-electron chi connectivity index (χ4n) is 7.25. The Balaban J connectivity index is 1.69. The van der Waals surface area contributed by atoms with Gasteiger partial charge in [-0.05, 0) is 67.1 Å². The van der Waals surface area contributed by atoms with Gasteiger partial charge in [-0.1, -0.05) is 20.8 Å². The van der Waals surface area contributed by atoms with Crippen molar-refractivity contribution in [3.05, 3.63) is 0 Å². The Hall–Kier alpha value is -0.660. The summed E-state index contributed by atoms with van der Waals surface area (Å²) in [5.41, 5.74) is 0.321. The first kappa shape index (κ1) is 14.9. The van der Waals surface area contributed by atoms with E-state index in [4.69, 9.17) is 0 Å². The van der Waals surface area contributed by atoms with Crippen LogP contribution in [0.2, 0.25) is 0 Å². The molecule has 4 aliphatic carbocycles. The van der Waals surface area contributed by atoms with E-state index in [0.717, 1.165) is 43.9 Å². The lowest BCUT2D eigenvalue weighted by molar-refractivity contribution is -0.153. The molecule has 2 heteroatoms. The Kier molecular flexibility index (Phi) is 3.17. The van der Waals surface area contributed by atoms with E-state index in [9.17, 15) is 9.59 Å². The van der Waals surface area contributed by atoms with Crippen LogP contribution in [0.4, 0.5) is 0 Å². The summed E-state index contributed by atoms with van der Waals surface area (Å²) in [4.78, 5) is 24.5. The molecule has 0 aromatic rings. The van der Waals surface area contributed by atoms with E-state index in [1.165, 1.54) is 19.3 Å². The molecule has 7 atom stereocenters. The predicted octanol–water partition coefficient (Wildman–Crippen LogP) is 4.41. The zero-order valence-corrected chi connectivity index (χ0v) is 14.4. The van der Waals surface area contributed by atoms with Crippen LogP contribution in [-0.4, -0.2) is 11.6 Å². The Morgan fingerprint density at radius 3 is 2.50 bits per heavy atom. The number of ketones is 2. The minimum atomic E-state index is -0.0158. The molecule has 0 heterocycles. The summed E-state index contributed by atoms with van der Waals surface area (Å²) in [5, 5.41) is 0. The Morgan fingerprint density at radius 2 is 1.73 bits per heavy atom. The van der Waals surface area contributed by atoms with E-state index >= 15 is 0 Å². The van der Waals surface area contributed by atoms with E-state index in [0.29, 0.717) is 34.7 Å². The lowest BCUT2D eigenvalue weighted by Gasteiger charge is -2.61. The van der Waals surface area contributed by atoms with E-state index in [2.05, 4.69) is 20.8 Å². The number of hydrogen-bond acceptors (Lipinski definition) is 2. The SMILES string of the molecule is C[C@H]1CC(=O)CC2CC[C@@H]3[C@H](CC[C@]4(C)C(=O)CC[C@@H]34)[C@]21C. The van der Waals surface area contributed by atoms with Gasteiger partial charge in [0.1, 0.15) is 11.6 Å². The smallest absolute Gasteiger partial charge is 0.139 e. The van der Waals surface area contributed by atoms with Gasteiger partial charge in [-0.2, -0.15) is 0 Å². The maximum Gasteiger partial charge on any atom is 0.139 e. The van der Waals surface area contributed by atoms with Gasteiger partial charge in [0.05, 0.1) is 0 Å². The highest BCUT2D eigenvalue weighted by molar-refractivity contribution is 5.87. The van der Waals surface area contributed by atoms with Crippen LogP contribution in [-0.2, 0) is 9.59 Å². The highest BCUT2D eigenvalue weighted by Gasteiger charge is 2.61. The van der Waals surface area contributed by atoms with Crippen LogP contribution >= 0.6 is 0 Å². The normalized spacial score (nSPS) is 54.6. The highest BCUT2D eigenvalue weighted by Crippen LogP contribution is 2.66. The average Bonchev–Trinajstić information content (AvgIpc) is 2.77. The first-order valence-corrected chi connectivity index (χ1v) is 9.42. The van der Waals surface area contributed by atoms with Gasteiger partial charge in [-0.25, -0.2) is 0 Å². The predicted molar refractivity (Wildman–Crippen MR) is 86.3 cm³/mol. The molecule has 4 saturated carbocycles. The number of rotatable bonds is 0. The van der Waals surface area contributed by atoms with Crippen LogP contribution < -0.4 is 0 Å². The first-order chi connectivity index (χ1) is 10.4. The maximum absolute atomic E-state index is 12.4. The maximum atomic E-state index is 12.4. The molecule has 0 aliphatic heterocycles. The van der Waals surface area contributed by atoms with Crippen molar-refractivity contribution in [3.8, 4) is 0 Å². The summed E-state index contributed by atoms with van der Waals surface area (Å²) >= 11 is 0. The first-order valence-electron chi connectivity index (χ1n) is 9.42. The van der Waals surface area contributed by atoms with Gasteiger partial charge in [0, 0.05) is 24.7 Å². The summed E-state index contributed by atoms with van der Waals surface area (Å²) in [6, 6.07) is 0. The molecule has 4 aliphatic rings. The second-order valence-corrected chi connectivity index (χ2v) is 9.28. The third-order valence-electron chi connectivity index (χ3n) is 8.74. The monoisotopic (exact) mass is 302 g/mol. The number of carbonyl (C=O) groups is 2. The molecule has 0 aromatic heterocycles. The number of carbonyl (C=O) groups excluding carboxylic acids is 2. The fourth-order valence-corrected chi connectivity index (χ4v) is 7.25. The molecule has 4 fully saturated rings. The van der Waals surface area contributed by atoms with Crippen LogP contribution in [0.1, 0.15) is 72.1 Å². The van der Waals surface area contributed by atoms with Crippen LogP contribution in [0, 0.1) is 40.4 Å². The quantitative estimate of drug-likeness (QED) is 0.664. The minimum absolute atomic E-state index is 0.0158. The van der Waals surface area contributed by atoms with Crippen LogP contribution in [0.25, 0.3) is 0 Å². The van der Waals surface area contributed by atoms with Gasteiger partial charge in [0.15, 0.2) is 0 Å². The molecular formula is C20H30O2. The third kappa shape index (κ3) is 1.73. The lowest BCUT2D eigenvalue weighted by Crippen LogP contribution is -2.56. The molecule has 1 unspecified atom stereocenters. The fraction of sp³-hybridized carbons (Fsp3) is 0.900. The van der Waals surface area contributed by atoms with Crippen molar-refractivity contribution in [2.45, 2.75) is 72.1 Å². The summed E-state index contributed by atoms with van der Waals surface area (Å²) < 4.78 is 0. The van der Waals surface area contributed by atoms with Crippen molar-refractivity contribution < 1.29 is 9.59 Å². The molecule has 0 bridgehead atoms. The second kappa shape index (κ2) is 4.68. The standard InChI is InChI=1S/C20H30O2/c1-12-10-14(21)11-13-4-5-15-16-6-7-18(22)19(16,2)9-8-17(15)20(12,13)3/h12-13,15-17H,4-11H2,1-3H3/t12-,13?,15-,16-,17-,19-,20-/m0/s1. The van der Waals surface area contributed by atoms with E-state index in [-0.39, 0.29) is 5.41 Å². The summed E-state index contributed by atoms with van der Waals surface area (Å²) in [5.74, 6) is 4.27. The van der Waals surface area contributed by atoms with Crippen LogP contribution in [0.5, 0.6) is 0 Å². The second-order valence-electron chi connectivity index (χ2n) is 9.28. The van der Waals surface area contributed by atoms with E-state index in [1.807, 2.05) is 0 Å². The van der Waals surface area contributed by atoms with Gasteiger partial charge in [0.2, 0.25) is 0 Å². The number of fused-ring (bicyclic) bond motifs is 5. The summed E-state index contributed by atoms with van der Waals surface area (Å²) in [6.07, 6.45) is 8.35. The summed E-state index contributed by atoms with van der Waals surface area (Å²) in [6.45, 7) is 7.07. The molecule has 0 spiro atoms. The Morgan fingerprint density at radius 1 is 0.955 bits per heavy atom. The molecule has 22 heavy (non-hydrogen) atoms.